The van der Waals surface area contributed by atoms with E-state index in [1.807, 2.05) is 12.3 Å². The van der Waals surface area contributed by atoms with E-state index in [9.17, 15) is 10.1 Å². The first-order valence-corrected chi connectivity index (χ1v) is 6.38. The van der Waals surface area contributed by atoms with E-state index >= 15 is 0 Å². The van der Waals surface area contributed by atoms with Crippen LogP contribution in [-0.2, 0) is 6.54 Å². The third-order valence-corrected chi connectivity index (χ3v) is 3.31. The van der Waals surface area contributed by atoms with E-state index in [0.29, 0.717) is 12.4 Å². The van der Waals surface area contributed by atoms with Gasteiger partial charge in [0.2, 0.25) is 0 Å². The van der Waals surface area contributed by atoms with Gasteiger partial charge in [-0.1, -0.05) is 0 Å². The molecule has 100 valence electrons. The van der Waals surface area contributed by atoms with Crippen molar-refractivity contribution in [2.45, 2.75) is 13.5 Å². The number of nitrogen functional groups attached to an aromatic ring is 1. The molecule has 8 heteroatoms. The SMILES string of the molecule is Cc1nc(CN(C)c2cc([N+](=O)[O-])cc(N)n2)cs1. The lowest BCUT2D eigenvalue weighted by Crippen LogP contribution is -2.18. The number of hydrogen-bond donors (Lipinski definition) is 1. The zero-order chi connectivity index (χ0) is 14.0. The Morgan fingerprint density at radius 3 is 2.79 bits per heavy atom. The minimum atomic E-state index is -0.484. The van der Waals surface area contributed by atoms with Gasteiger partial charge in [-0.15, -0.1) is 11.3 Å². The fourth-order valence-electron chi connectivity index (χ4n) is 1.63. The van der Waals surface area contributed by atoms with Crippen molar-refractivity contribution in [3.8, 4) is 0 Å². The zero-order valence-corrected chi connectivity index (χ0v) is 11.3. The van der Waals surface area contributed by atoms with E-state index in [1.54, 1.807) is 23.3 Å². The predicted octanol–water partition coefficient (Wildman–Crippen LogP) is 1.97. The van der Waals surface area contributed by atoms with Crippen LogP contribution < -0.4 is 10.6 Å². The topological polar surface area (TPSA) is 98.2 Å². The predicted molar refractivity (Wildman–Crippen MR) is 74.3 cm³/mol. The second-order valence-electron chi connectivity index (χ2n) is 4.08. The van der Waals surface area contributed by atoms with Crippen molar-refractivity contribution >= 4 is 28.7 Å². The van der Waals surface area contributed by atoms with Gasteiger partial charge in [0.15, 0.2) is 0 Å². The van der Waals surface area contributed by atoms with E-state index in [1.165, 1.54) is 12.1 Å². The Bertz CT molecular complexity index is 613. The molecular weight excluding hydrogens is 266 g/mol. The maximum absolute atomic E-state index is 10.8. The van der Waals surface area contributed by atoms with Crippen LogP contribution in [0.2, 0.25) is 0 Å². The largest absolute Gasteiger partial charge is 0.383 e. The number of rotatable bonds is 4. The van der Waals surface area contributed by atoms with Gasteiger partial charge in [0.25, 0.3) is 5.69 Å². The molecule has 0 aliphatic heterocycles. The number of aromatic nitrogens is 2. The van der Waals surface area contributed by atoms with Gasteiger partial charge in [-0.25, -0.2) is 9.97 Å². The number of thiazole rings is 1. The van der Waals surface area contributed by atoms with Crippen molar-refractivity contribution < 1.29 is 4.92 Å². The summed E-state index contributed by atoms with van der Waals surface area (Å²) in [5.41, 5.74) is 6.41. The number of hydrogen-bond acceptors (Lipinski definition) is 7. The van der Waals surface area contributed by atoms with Crippen LogP contribution in [0, 0.1) is 17.0 Å². The summed E-state index contributed by atoms with van der Waals surface area (Å²) in [5, 5.41) is 13.7. The summed E-state index contributed by atoms with van der Waals surface area (Å²) in [4.78, 5) is 20.5. The molecule has 0 saturated carbocycles. The lowest BCUT2D eigenvalue weighted by molar-refractivity contribution is -0.384. The molecule has 0 aliphatic carbocycles. The van der Waals surface area contributed by atoms with Gasteiger partial charge < -0.3 is 10.6 Å². The third-order valence-electron chi connectivity index (χ3n) is 2.48. The highest BCUT2D eigenvalue weighted by atomic mass is 32.1. The minimum absolute atomic E-state index is 0.0659. The molecule has 0 spiro atoms. The summed E-state index contributed by atoms with van der Waals surface area (Å²) < 4.78 is 0. The first-order valence-electron chi connectivity index (χ1n) is 5.50. The maximum Gasteiger partial charge on any atom is 0.276 e. The van der Waals surface area contributed by atoms with E-state index < -0.39 is 4.92 Å². The Morgan fingerprint density at radius 2 is 2.21 bits per heavy atom. The summed E-state index contributed by atoms with van der Waals surface area (Å²) in [6.07, 6.45) is 0. The van der Waals surface area contributed by atoms with Crippen molar-refractivity contribution in [2.75, 3.05) is 17.7 Å². The number of nitrogens with two attached hydrogens (primary N) is 1. The van der Waals surface area contributed by atoms with Crippen LogP contribution in [0.3, 0.4) is 0 Å². The number of pyridine rings is 1. The first-order chi connectivity index (χ1) is 8.95. The molecule has 2 aromatic rings. The number of nitro groups is 1. The third kappa shape index (κ3) is 3.16. The van der Waals surface area contributed by atoms with Crippen molar-refractivity contribution in [3.63, 3.8) is 0 Å². The van der Waals surface area contributed by atoms with Crippen molar-refractivity contribution in [1.82, 2.24) is 9.97 Å². The Balaban J connectivity index is 2.23. The van der Waals surface area contributed by atoms with Gasteiger partial charge in [-0.3, -0.25) is 10.1 Å². The van der Waals surface area contributed by atoms with Crippen molar-refractivity contribution in [2.24, 2.45) is 0 Å². The average molecular weight is 279 g/mol. The molecule has 0 fully saturated rings. The molecule has 2 N–H and O–H groups in total. The Hall–Kier alpha value is -2.22. The van der Waals surface area contributed by atoms with Gasteiger partial charge in [0.05, 0.1) is 34.3 Å². The highest BCUT2D eigenvalue weighted by molar-refractivity contribution is 7.09. The summed E-state index contributed by atoms with van der Waals surface area (Å²) in [6, 6.07) is 2.64. The normalized spacial score (nSPS) is 10.4. The van der Waals surface area contributed by atoms with Crippen LogP contribution in [0.5, 0.6) is 0 Å². The molecule has 7 nitrogen and oxygen atoms in total. The maximum atomic E-state index is 10.8. The van der Waals surface area contributed by atoms with Gasteiger partial charge in [0, 0.05) is 12.4 Å². The van der Waals surface area contributed by atoms with Crippen molar-refractivity contribution in [3.05, 3.63) is 38.3 Å². The van der Waals surface area contributed by atoms with Crippen molar-refractivity contribution in [1.29, 1.82) is 0 Å². The summed E-state index contributed by atoms with van der Waals surface area (Å²) in [6.45, 7) is 2.45. The van der Waals surface area contributed by atoms with Gasteiger partial charge in [-0.05, 0) is 6.92 Å². The van der Waals surface area contributed by atoms with Gasteiger partial charge in [-0.2, -0.15) is 0 Å². The highest BCUT2D eigenvalue weighted by Crippen LogP contribution is 2.22. The molecule has 0 aliphatic rings. The molecule has 0 radical (unpaired) electrons. The summed E-state index contributed by atoms with van der Waals surface area (Å²) in [7, 11) is 1.79. The summed E-state index contributed by atoms with van der Waals surface area (Å²) in [5.74, 6) is 0.586. The molecule has 2 heterocycles. The zero-order valence-electron chi connectivity index (χ0n) is 10.5. The average Bonchev–Trinajstić information content (AvgIpc) is 2.73. The van der Waals surface area contributed by atoms with Crippen LogP contribution in [0.25, 0.3) is 0 Å². The Kier molecular flexibility index (Phi) is 3.61. The van der Waals surface area contributed by atoms with Crippen LogP contribution in [0.15, 0.2) is 17.5 Å². The van der Waals surface area contributed by atoms with E-state index in [2.05, 4.69) is 9.97 Å². The number of anilines is 2. The second-order valence-corrected chi connectivity index (χ2v) is 5.14. The molecule has 0 bridgehead atoms. The second kappa shape index (κ2) is 5.19. The molecule has 0 atom stereocenters. The molecular formula is C11H13N5O2S. The lowest BCUT2D eigenvalue weighted by Gasteiger charge is -2.16. The molecule has 19 heavy (non-hydrogen) atoms. The highest BCUT2D eigenvalue weighted by Gasteiger charge is 2.13. The molecule has 2 aromatic heterocycles. The minimum Gasteiger partial charge on any atom is -0.383 e. The Labute approximate surface area is 113 Å². The van der Waals surface area contributed by atoms with E-state index in [0.717, 1.165) is 10.7 Å². The van der Waals surface area contributed by atoms with E-state index in [4.69, 9.17) is 5.73 Å². The van der Waals surface area contributed by atoms with Gasteiger partial charge >= 0.3 is 0 Å². The standard InChI is InChI=1S/C11H13N5O2S/c1-7-13-8(6-19-7)5-15(2)11-4-9(16(17)18)3-10(12)14-11/h3-4,6H,5H2,1-2H3,(H2,12,14). The Morgan fingerprint density at radius 1 is 1.47 bits per heavy atom. The quantitative estimate of drug-likeness (QED) is 0.678. The van der Waals surface area contributed by atoms with Crippen LogP contribution >= 0.6 is 11.3 Å². The fraction of sp³-hybridized carbons (Fsp3) is 0.273. The van der Waals surface area contributed by atoms with Gasteiger partial charge in [0.1, 0.15) is 11.6 Å². The fourth-order valence-corrected chi connectivity index (χ4v) is 2.23. The van der Waals surface area contributed by atoms with Crippen LogP contribution in [0.4, 0.5) is 17.3 Å². The smallest absolute Gasteiger partial charge is 0.276 e. The molecule has 0 amide bonds. The molecule has 0 saturated heterocycles. The molecule has 0 unspecified atom stereocenters. The first kappa shape index (κ1) is 13.2. The van der Waals surface area contributed by atoms with Crippen LogP contribution in [-0.4, -0.2) is 21.9 Å². The monoisotopic (exact) mass is 279 g/mol. The number of aryl methyl sites for hydroxylation is 1. The van der Waals surface area contributed by atoms with E-state index in [-0.39, 0.29) is 11.5 Å². The number of nitrogens with zero attached hydrogens (tertiary/aromatic N) is 4. The lowest BCUT2D eigenvalue weighted by atomic mass is 10.3. The molecule has 2 rings (SSSR count). The van der Waals surface area contributed by atoms with Crippen LogP contribution in [0.1, 0.15) is 10.7 Å². The molecule has 0 aromatic carbocycles. The summed E-state index contributed by atoms with van der Waals surface area (Å²) >= 11 is 1.56.